The maximum Gasteiger partial charge on any atom is 0.295 e. The van der Waals surface area contributed by atoms with Crippen LogP contribution in [-0.4, -0.2) is 25.0 Å². The van der Waals surface area contributed by atoms with Crippen LogP contribution in [0.1, 0.15) is 5.56 Å². The first-order chi connectivity index (χ1) is 7.57. The van der Waals surface area contributed by atoms with Crippen molar-refractivity contribution in [1.29, 1.82) is 0 Å². The minimum atomic E-state index is -0.427. The number of nitro groups is 1. The third kappa shape index (κ3) is 2.46. The summed E-state index contributed by atoms with van der Waals surface area (Å²) in [4.78, 5) is 22.3. The Hall–Kier alpha value is -2.13. The largest absolute Gasteiger partial charge is 0.372 e. The van der Waals surface area contributed by atoms with Gasteiger partial charge in [0.05, 0.1) is 4.92 Å². The van der Waals surface area contributed by atoms with Crippen LogP contribution in [-0.2, 0) is 11.2 Å². The molecule has 0 aromatic heterocycles. The van der Waals surface area contributed by atoms with Crippen molar-refractivity contribution < 1.29 is 9.72 Å². The van der Waals surface area contributed by atoms with E-state index in [2.05, 4.69) is 0 Å². The SMILES string of the molecule is CN(C)c1cccc(CC=C=O)c1[N+](=O)[O-]. The fourth-order valence-corrected chi connectivity index (χ4v) is 1.47. The molecule has 0 N–H and O–H groups in total. The normalized spacial score (nSPS) is 9.38. The Bertz CT molecular complexity index is 449. The summed E-state index contributed by atoms with van der Waals surface area (Å²) in [5.74, 6) is 1.62. The number of benzene rings is 1. The standard InChI is InChI=1S/C11H12N2O3/c1-12(2)10-7-3-5-9(6-4-8-14)11(10)13(15)16/h3-5,7H,6H2,1-2H3. The molecule has 0 radical (unpaired) electrons. The Morgan fingerprint density at radius 1 is 1.50 bits per heavy atom. The van der Waals surface area contributed by atoms with E-state index in [-0.39, 0.29) is 12.1 Å². The fourth-order valence-electron chi connectivity index (χ4n) is 1.47. The molecule has 84 valence electrons. The predicted molar refractivity (Wildman–Crippen MR) is 61.4 cm³/mol. The average molecular weight is 220 g/mol. The zero-order valence-electron chi connectivity index (χ0n) is 9.14. The highest BCUT2D eigenvalue weighted by atomic mass is 16.6. The second-order valence-electron chi connectivity index (χ2n) is 3.46. The maximum absolute atomic E-state index is 11.0. The zero-order valence-corrected chi connectivity index (χ0v) is 9.14. The Morgan fingerprint density at radius 2 is 2.19 bits per heavy atom. The van der Waals surface area contributed by atoms with Gasteiger partial charge in [-0.05, 0) is 6.07 Å². The Labute approximate surface area is 93.1 Å². The summed E-state index contributed by atoms with van der Waals surface area (Å²) in [7, 11) is 3.48. The smallest absolute Gasteiger partial charge is 0.295 e. The van der Waals surface area contributed by atoms with Gasteiger partial charge in [0.25, 0.3) is 5.69 Å². The van der Waals surface area contributed by atoms with Crippen LogP contribution >= 0.6 is 0 Å². The van der Waals surface area contributed by atoms with Crippen molar-refractivity contribution in [3.63, 3.8) is 0 Å². The van der Waals surface area contributed by atoms with Gasteiger partial charge in [0, 0.05) is 32.2 Å². The lowest BCUT2D eigenvalue weighted by Crippen LogP contribution is -2.12. The molecule has 0 fully saturated rings. The number of carbonyl (C=O) groups excluding carboxylic acids is 1. The molecule has 0 saturated carbocycles. The molecular weight excluding hydrogens is 208 g/mol. The zero-order chi connectivity index (χ0) is 12.1. The molecule has 1 aromatic rings. The van der Waals surface area contributed by atoms with Gasteiger partial charge in [-0.15, -0.1) is 0 Å². The minimum Gasteiger partial charge on any atom is -0.372 e. The summed E-state index contributed by atoms with van der Waals surface area (Å²) in [6.45, 7) is 0. The molecule has 1 aromatic carbocycles. The first-order valence-corrected chi connectivity index (χ1v) is 4.71. The van der Waals surface area contributed by atoms with Crippen molar-refractivity contribution in [1.82, 2.24) is 0 Å². The molecule has 0 aliphatic heterocycles. The van der Waals surface area contributed by atoms with Gasteiger partial charge >= 0.3 is 0 Å². The minimum absolute atomic E-state index is 0.0407. The molecular formula is C11H12N2O3. The Kier molecular flexibility index (Phi) is 3.80. The average Bonchev–Trinajstić information content (AvgIpc) is 2.25. The Morgan fingerprint density at radius 3 is 2.69 bits per heavy atom. The summed E-state index contributed by atoms with van der Waals surface area (Å²) in [5.41, 5.74) is 1.08. The third-order valence-electron chi connectivity index (χ3n) is 2.17. The van der Waals surface area contributed by atoms with Gasteiger partial charge in [-0.2, -0.15) is 0 Å². The van der Waals surface area contributed by atoms with Gasteiger partial charge in [-0.3, -0.25) is 10.1 Å². The van der Waals surface area contributed by atoms with Gasteiger partial charge in [-0.1, -0.05) is 12.1 Å². The van der Waals surface area contributed by atoms with Crippen molar-refractivity contribution >= 4 is 17.3 Å². The number of hydrogen-bond donors (Lipinski definition) is 0. The molecule has 0 amide bonds. The number of nitrogens with zero attached hydrogens (tertiary/aromatic N) is 2. The highest BCUT2D eigenvalue weighted by Gasteiger charge is 2.19. The Balaban J connectivity index is 3.32. The lowest BCUT2D eigenvalue weighted by Gasteiger charge is -2.13. The first-order valence-electron chi connectivity index (χ1n) is 4.71. The van der Waals surface area contributed by atoms with Gasteiger partial charge in [-0.25, -0.2) is 4.79 Å². The van der Waals surface area contributed by atoms with Crippen molar-refractivity contribution in [2.45, 2.75) is 6.42 Å². The topological polar surface area (TPSA) is 63.5 Å². The quantitative estimate of drug-likeness (QED) is 0.439. The molecule has 0 aliphatic rings. The highest BCUT2D eigenvalue weighted by Crippen LogP contribution is 2.30. The fraction of sp³-hybridized carbons (Fsp3) is 0.273. The third-order valence-corrected chi connectivity index (χ3v) is 2.17. The summed E-state index contributed by atoms with van der Waals surface area (Å²) < 4.78 is 0. The molecule has 0 bridgehead atoms. The van der Waals surface area contributed by atoms with Crippen molar-refractivity contribution in [2.24, 2.45) is 0 Å². The molecule has 0 atom stereocenters. The van der Waals surface area contributed by atoms with Gasteiger partial charge in [0.1, 0.15) is 11.6 Å². The van der Waals surface area contributed by atoms with E-state index >= 15 is 0 Å². The molecule has 0 unspecified atom stereocenters. The van der Waals surface area contributed by atoms with Crippen LogP contribution in [0, 0.1) is 10.1 Å². The second kappa shape index (κ2) is 5.09. The number of hydrogen-bond acceptors (Lipinski definition) is 4. The van der Waals surface area contributed by atoms with E-state index in [1.165, 1.54) is 6.08 Å². The highest BCUT2D eigenvalue weighted by molar-refractivity contribution is 5.67. The number of rotatable bonds is 4. The van der Waals surface area contributed by atoms with Gasteiger partial charge in [0.2, 0.25) is 0 Å². The molecule has 0 spiro atoms. The van der Waals surface area contributed by atoms with Crippen LogP contribution in [0.2, 0.25) is 0 Å². The van der Waals surface area contributed by atoms with Crippen LogP contribution in [0.5, 0.6) is 0 Å². The van der Waals surface area contributed by atoms with Crippen LogP contribution < -0.4 is 4.90 Å². The van der Waals surface area contributed by atoms with Crippen LogP contribution in [0.25, 0.3) is 0 Å². The van der Waals surface area contributed by atoms with Crippen LogP contribution in [0.3, 0.4) is 0 Å². The van der Waals surface area contributed by atoms with E-state index in [4.69, 9.17) is 0 Å². The van der Waals surface area contributed by atoms with Crippen molar-refractivity contribution in [2.75, 3.05) is 19.0 Å². The van der Waals surface area contributed by atoms with Crippen molar-refractivity contribution in [3.05, 3.63) is 40.0 Å². The molecule has 16 heavy (non-hydrogen) atoms. The molecule has 0 heterocycles. The van der Waals surface area contributed by atoms with Crippen LogP contribution in [0.4, 0.5) is 11.4 Å². The summed E-state index contributed by atoms with van der Waals surface area (Å²) in [6, 6.07) is 5.04. The molecule has 0 saturated heterocycles. The number of nitro benzene ring substituents is 1. The number of para-hydroxylation sites is 1. The summed E-state index contributed by atoms with van der Waals surface area (Å²) >= 11 is 0. The van der Waals surface area contributed by atoms with E-state index in [0.717, 1.165) is 0 Å². The maximum atomic E-state index is 11.0. The number of anilines is 1. The van der Waals surface area contributed by atoms with E-state index < -0.39 is 4.92 Å². The van der Waals surface area contributed by atoms with Crippen LogP contribution in [0.15, 0.2) is 24.3 Å². The molecule has 5 nitrogen and oxygen atoms in total. The van der Waals surface area contributed by atoms with Gasteiger partial charge in [0.15, 0.2) is 0 Å². The van der Waals surface area contributed by atoms with Gasteiger partial charge < -0.3 is 4.90 Å². The lowest BCUT2D eigenvalue weighted by molar-refractivity contribution is -0.384. The van der Waals surface area contributed by atoms with E-state index in [1.54, 1.807) is 43.1 Å². The van der Waals surface area contributed by atoms with Crippen molar-refractivity contribution in [3.8, 4) is 0 Å². The summed E-state index contributed by atoms with van der Waals surface area (Å²) in [6.07, 6.45) is 1.46. The second-order valence-corrected chi connectivity index (χ2v) is 3.46. The molecule has 0 aliphatic carbocycles. The molecule has 5 heteroatoms. The first kappa shape index (κ1) is 11.9. The summed E-state index contributed by atoms with van der Waals surface area (Å²) in [5, 5.41) is 11.0. The predicted octanol–water partition coefficient (Wildman–Crippen LogP) is 1.59. The monoisotopic (exact) mass is 220 g/mol. The molecule has 1 rings (SSSR count). The van der Waals surface area contributed by atoms with E-state index in [0.29, 0.717) is 11.3 Å². The number of allylic oxidation sites excluding steroid dienone is 1. The van der Waals surface area contributed by atoms with E-state index in [9.17, 15) is 14.9 Å². The van der Waals surface area contributed by atoms with E-state index in [1.807, 2.05) is 0 Å². The lowest BCUT2D eigenvalue weighted by atomic mass is 10.1.